The van der Waals surface area contributed by atoms with Crippen LogP contribution >= 0.6 is 0 Å². The zero-order valence-electron chi connectivity index (χ0n) is 7.20. The predicted octanol–water partition coefficient (Wildman–Crippen LogP) is -2.72. The van der Waals surface area contributed by atoms with Gasteiger partial charge >= 0.3 is 0 Å². The second-order valence-electron chi connectivity index (χ2n) is 2.57. The van der Waals surface area contributed by atoms with Crippen molar-refractivity contribution in [2.45, 2.75) is 24.4 Å². The fourth-order valence-corrected chi connectivity index (χ4v) is 0.885. The van der Waals surface area contributed by atoms with Crippen LogP contribution in [-0.2, 0) is 9.53 Å². The van der Waals surface area contributed by atoms with Crippen LogP contribution in [0.25, 0.3) is 0 Å². The summed E-state index contributed by atoms with van der Waals surface area (Å²) >= 11 is 0. The lowest BCUT2D eigenvalue weighted by Crippen LogP contribution is -2.47. The normalized spacial score (nSPS) is 20.4. The standard InChI is InChI=1S/C7H14O6/c1-13-7(5(11)3-9)6(12)4(10)2-8/h3-8,10-12H,2H2,1H3/t4-,5+,6-,7-/m1/s1/i3+2. The zero-order chi connectivity index (χ0) is 10.4. The van der Waals surface area contributed by atoms with E-state index in [0.29, 0.717) is 0 Å². The third kappa shape index (κ3) is 3.37. The van der Waals surface area contributed by atoms with E-state index in [4.69, 9.17) is 15.3 Å². The van der Waals surface area contributed by atoms with Crippen LogP contribution in [0.15, 0.2) is 0 Å². The number of ether oxygens (including phenoxy) is 1. The Kier molecular flexibility index (Phi) is 5.76. The van der Waals surface area contributed by atoms with Crippen molar-refractivity contribution >= 4 is 6.29 Å². The van der Waals surface area contributed by atoms with Gasteiger partial charge in [-0.15, -0.1) is 0 Å². The van der Waals surface area contributed by atoms with Gasteiger partial charge in [-0.2, -0.15) is 0 Å². The minimum atomic E-state index is -1.53. The Bertz CT molecular complexity index is 150. The highest BCUT2D eigenvalue weighted by Crippen LogP contribution is 2.07. The van der Waals surface area contributed by atoms with E-state index in [1.165, 1.54) is 7.11 Å². The Labute approximate surface area is 75.4 Å². The zero-order valence-corrected chi connectivity index (χ0v) is 7.20. The maximum absolute atomic E-state index is 10.1. The molecule has 4 N–H and O–H groups in total. The lowest BCUT2D eigenvalue weighted by atomic mass is 10.1. The van der Waals surface area contributed by atoms with Crippen LogP contribution < -0.4 is 0 Å². The van der Waals surface area contributed by atoms with Gasteiger partial charge in [0.05, 0.1) is 6.61 Å². The minimum absolute atomic E-state index is 0.182. The first-order valence-corrected chi connectivity index (χ1v) is 3.71. The van der Waals surface area contributed by atoms with Gasteiger partial charge in [-0.3, -0.25) is 0 Å². The van der Waals surface area contributed by atoms with E-state index in [0.717, 1.165) is 0 Å². The second kappa shape index (κ2) is 6.01. The van der Waals surface area contributed by atoms with Crippen molar-refractivity contribution in [3.8, 4) is 0 Å². The van der Waals surface area contributed by atoms with Crippen molar-refractivity contribution in [3.63, 3.8) is 0 Å². The van der Waals surface area contributed by atoms with Gasteiger partial charge in [0, 0.05) is 7.11 Å². The van der Waals surface area contributed by atoms with Crippen LogP contribution in [0, 0.1) is 0 Å². The average Bonchev–Trinajstić information content (AvgIpc) is 2.17. The molecule has 6 nitrogen and oxygen atoms in total. The second-order valence-corrected chi connectivity index (χ2v) is 2.57. The molecule has 0 aromatic rings. The fourth-order valence-electron chi connectivity index (χ4n) is 0.885. The SMILES string of the molecule is CO[C@@H]([C@H](O)[C@H](O)CO)[C@@H](O)[14CH]=O. The minimum Gasteiger partial charge on any atom is -0.394 e. The summed E-state index contributed by atoms with van der Waals surface area (Å²) in [7, 11) is 1.17. The van der Waals surface area contributed by atoms with E-state index in [9.17, 15) is 9.90 Å². The number of carbonyl (C=O) groups is 1. The molecule has 0 aliphatic carbocycles. The molecule has 78 valence electrons. The first-order chi connectivity index (χ1) is 6.08. The van der Waals surface area contributed by atoms with Crippen LogP contribution in [0.4, 0.5) is 0 Å². The number of carbonyl (C=O) groups excluding carboxylic acids is 1. The van der Waals surface area contributed by atoms with Crippen LogP contribution in [0.1, 0.15) is 0 Å². The molecule has 0 radical (unpaired) electrons. The predicted molar refractivity (Wildman–Crippen MR) is 42.0 cm³/mol. The Balaban J connectivity index is 4.29. The molecule has 0 rings (SSSR count). The van der Waals surface area contributed by atoms with E-state index in [1.54, 1.807) is 0 Å². The van der Waals surface area contributed by atoms with Gasteiger partial charge in [0.2, 0.25) is 0 Å². The van der Waals surface area contributed by atoms with Gasteiger partial charge in [-0.1, -0.05) is 0 Å². The van der Waals surface area contributed by atoms with Crippen molar-refractivity contribution in [2.24, 2.45) is 0 Å². The van der Waals surface area contributed by atoms with E-state index < -0.39 is 31.0 Å². The average molecular weight is 196 g/mol. The van der Waals surface area contributed by atoms with Crippen LogP contribution in [0.5, 0.6) is 0 Å². The van der Waals surface area contributed by atoms with Gasteiger partial charge in [0.1, 0.15) is 24.4 Å². The van der Waals surface area contributed by atoms with Crippen molar-refractivity contribution < 1.29 is 30.0 Å². The highest BCUT2D eigenvalue weighted by molar-refractivity contribution is 5.56. The van der Waals surface area contributed by atoms with Gasteiger partial charge in [0.25, 0.3) is 0 Å². The Morgan fingerprint density at radius 2 is 1.92 bits per heavy atom. The molecule has 0 bridgehead atoms. The summed E-state index contributed by atoms with van der Waals surface area (Å²) in [5, 5.41) is 35.6. The molecule has 0 saturated heterocycles. The van der Waals surface area contributed by atoms with Crippen LogP contribution in [0.3, 0.4) is 0 Å². The van der Waals surface area contributed by atoms with E-state index in [-0.39, 0.29) is 6.29 Å². The van der Waals surface area contributed by atoms with Gasteiger partial charge in [0.15, 0.2) is 6.29 Å². The number of methoxy groups -OCH3 is 1. The molecule has 4 atom stereocenters. The number of aliphatic hydroxyl groups excluding tert-OH is 4. The highest BCUT2D eigenvalue weighted by atomic mass is 16.5. The molecule has 0 aliphatic heterocycles. The quantitative estimate of drug-likeness (QED) is 0.344. The Hall–Kier alpha value is -0.530. The number of aliphatic hydroxyl groups is 4. The van der Waals surface area contributed by atoms with Gasteiger partial charge < -0.3 is 30.0 Å². The molecule has 0 spiro atoms. The summed E-state index contributed by atoms with van der Waals surface area (Å²) in [5.74, 6) is 0. The number of aldehydes is 1. The lowest BCUT2D eigenvalue weighted by Gasteiger charge is -2.25. The molecule has 0 unspecified atom stereocenters. The van der Waals surface area contributed by atoms with Crippen molar-refractivity contribution in [1.82, 2.24) is 0 Å². The molecule has 0 amide bonds. The molecule has 0 aromatic carbocycles. The highest BCUT2D eigenvalue weighted by Gasteiger charge is 2.31. The molecule has 0 saturated carbocycles. The summed E-state index contributed by atoms with van der Waals surface area (Å²) < 4.78 is 4.59. The summed E-state index contributed by atoms with van der Waals surface area (Å²) in [4.78, 5) is 10.1. The van der Waals surface area contributed by atoms with Crippen molar-refractivity contribution in [1.29, 1.82) is 0 Å². The molecule has 6 heteroatoms. The van der Waals surface area contributed by atoms with E-state index >= 15 is 0 Å². The lowest BCUT2D eigenvalue weighted by molar-refractivity contribution is -0.143. The van der Waals surface area contributed by atoms with Crippen molar-refractivity contribution in [2.75, 3.05) is 13.7 Å². The molecular formula is C7H14O6. The summed E-state index contributed by atoms with van der Waals surface area (Å²) in [6.07, 6.45) is -5.53. The Morgan fingerprint density at radius 3 is 2.23 bits per heavy atom. The molecule has 0 aliphatic rings. The molecule has 0 aromatic heterocycles. The molecule has 0 fully saturated rings. The third-order valence-electron chi connectivity index (χ3n) is 1.67. The Morgan fingerprint density at radius 1 is 1.38 bits per heavy atom. The van der Waals surface area contributed by atoms with Crippen LogP contribution in [-0.4, -0.2) is 64.8 Å². The topological polar surface area (TPSA) is 107 Å². The third-order valence-corrected chi connectivity index (χ3v) is 1.67. The van der Waals surface area contributed by atoms with Crippen molar-refractivity contribution in [3.05, 3.63) is 0 Å². The monoisotopic (exact) mass is 196 g/mol. The first-order valence-electron chi connectivity index (χ1n) is 3.71. The first kappa shape index (κ1) is 12.5. The summed E-state index contributed by atoms with van der Waals surface area (Å²) in [5.41, 5.74) is 0. The van der Waals surface area contributed by atoms with E-state index in [2.05, 4.69) is 4.74 Å². The molecule has 13 heavy (non-hydrogen) atoms. The van der Waals surface area contributed by atoms with Gasteiger partial charge in [-0.25, -0.2) is 0 Å². The summed E-state index contributed by atoms with van der Waals surface area (Å²) in [6.45, 7) is -0.674. The van der Waals surface area contributed by atoms with Gasteiger partial charge in [-0.05, 0) is 0 Å². The summed E-state index contributed by atoms with van der Waals surface area (Å²) in [6, 6.07) is 0. The largest absolute Gasteiger partial charge is 0.394 e. The smallest absolute Gasteiger partial charge is 0.151 e. The fraction of sp³-hybridized carbons (Fsp3) is 0.857. The maximum Gasteiger partial charge on any atom is 0.151 e. The molecule has 0 heterocycles. The number of hydrogen-bond acceptors (Lipinski definition) is 6. The number of rotatable bonds is 6. The molecular weight excluding hydrogens is 182 g/mol. The number of hydrogen-bond donors (Lipinski definition) is 4. The van der Waals surface area contributed by atoms with E-state index in [1.807, 2.05) is 0 Å². The van der Waals surface area contributed by atoms with Crippen LogP contribution in [0.2, 0.25) is 0 Å². The maximum atomic E-state index is 10.1.